The first-order valence-electron chi connectivity index (χ1n) is 6.28. The molecular formula is C15H14ClFN2O2. The summed E-state index contributed by atoms with van der Waals surface area (Å²) in [5.41, 5.74) is 5.86. The molecule has 0 saturated carbocycles. The van der Waals surface area contributed by atoms with Crippen molar-refractivity contribution in [3.8, 4) is 5.75 Å². The smallest absolute Gasteiger partial charge is 0.227 e. The van der Waals surface area contributed by atoms with E-state index in [-0.39, 0.29) is 24.6 Å². The van der Waals surface area contributed by atoms with Crippen LogP contribution in [0.4, 0.5) is 15.8 Å². The van der Waals surface area contributed by atoms with E-state index in [1.165, 1.54) is 18.2 Å². The molecule has 0 bridgehead atoms. The molecule has 0 aliphatic carbocycles. The number of amides is 1. The van der Waals surface area contributed by atoms with E-state index >= 15 is 0 Å². The van der Waals surface area contributed by atoms with Crippen LogP contribution in [0, 0.1) is 5.82 Å². The van der Waals surface area contributed by atoms with Crippen LogP contribution >= 0.6 is 11.6 Å². The highest BCUT2D eigenvalue weighted by Gasteiger charge is 2.05. The van der Waals surface area contributed by atoms with Crippen molar-refractivity contribution in [2.24, 2.45) is 0 Å². The first kappa shape index (κ1) is 15.1. The maximum absolute atomic E-state index is 13.0. The molecule has 0 atom stereocenters. The van der Waals surface area contributed by atoms with Crippen molar-refractivity contribution in [1.82, 2.24) is 0 Å². The number of carbonyl (C=O) groups excluding carboxylic acids is 1. The molecule has 4 nitrogen and oxygen atoms in total. The largest absolute Gasteiger partial charge is 0.493 e. The molecule has 1 amide bonds. The zero-order chi connectivity index (χ0) is 15.2. The molecule has 0 saturated heterocycles. The average molecular weight is 309 g/mol. The lowest BCUT2D eigenvalue weighted by Crippen LogP contribution is -2.15. The quantitative estimate of drug-likeness (QED) is 0.831. The number of hydrogen-bond donors (Lipinski definition) is 2. The minimum atomic E-state index is -0.515. The second-order valence-electron chi connectivity index (χ2n) is 4.34. The topological polar surface area (TPSA) is 64.3 Å². The Morgan fingerprint density at radius 2 is 1.95 bits per heavy atom. The number of nitrogens with two attached hydrogens (primary N) is 1. The Balaban J connectivity index is 1.79. The van der Waals surface area contributed by atoms with E-state index < -0.39 is 5.82 Å². The maximum Gasteiger partial charge on any atom is 0.227 e. The number of hydrogen-bond acceptors (Lipinski definition) is 3. The molecule has 0 heterocycles. The van der Waals surface area contributed by atoms with Gasteiger partial charge in [0.15, 0.2) is 0 Å². The number of ether oxygens (including phenoxy) is 1. The maximum atomic E-state index is 13.0. The molecular weight excluding hydrogens is 295 g/mol. The van der Waals surface area contributed by atoms with Gasteiger partial charge < -0.3 is 15.8 Å². The monoisotopic (exact) mass is 308 g/mol. The van der Waals surface area contributed by atoms with Gasteiger partial charge in [-0.15, -0.1) is 0 Å². The summed E-state index contributed by atoms with van der Waals surface area (Å²) >= 11 is 5.75. The van der Waals surface area contributed by atoms with E-state index in [1.807, 2.05) is 0 Å². The Kier molecular flexibility index (Phi) is 5.00. The summed E-state index contributed by atoms with van der Waals surface area (Å²) in [7, 11) is 0. The average Bonchev–Trinajstić information content (AvgIpc) is 2.45. The van der Waals surface area contributed by atoms with Crippen LogP contribution in [-0.2, 0) is 4.79 Å². The van der Waals surface area contributed by atoms with Gasteiger partial charge in [-0.2, -0.15) is 0 Å². The van der Waals surface area contributed by atoms with Gasteiger partial charge in [-0.3, -0.25) is 4.79 Å². The number of benzene rings is 2. The number of rotatable bonds is 5. The SMILES string of the molecule is Nc1cc(NC(=O)CCOc2ccc(Cl)cc2)ccc1F. The van der Waals surface area contributed by atoms with Gasteiger partial charge in [0, 0.05) is 10.7 Å². The molecule has 0 fully saturated rings. The van der Waals surface area contributed by atoms with Crippen LogP contribution in [0.5, 0.6) is 5.75 Å². The van der Waals surface area contributed by atoms with Gasteiger partial charge in [0.1, 0.15) is 11.6 Å². The highest BCUT2D eigenvalue weighted by atomic mass is 35.5. The Hall–Kier alpha value is -2.27. The van der Waals surface area contributed by atoms with Gasteiger partial charge in [-0.25, -0.2) is 4.39 Å². The highest BCUT2D eigenvalue weighted by Crippen LogP contribution is 2.17. The third kappa shape index (κ3) is 4.65. The van der Waals surface area contributed by atoms with Gasteiger partial charge in [0.25, 0.3) is 0 Å². The van der Waals surface area contributed by atoms with Crippen LogP contribution in [0.3, 0.4) is 0 Å². The van der Waals surface area contributed by atoms with Crippen molar-refractivity contribution in [3.05, 3.63) is 53.3 Å². The van der Waals surface area contributed by atoms with Crippen molar-refractivity contribution >= 4 is 28.9 Å². The van der Waals surface area contributed by atoms with E-state index in [0.29, 0.717) is 16.5 Å². The molecule has 0 spiro atoms. The Morgan fingerprint density at radius 1 is 1.24 bits per heavy atom. The molecule has 6 heteroatoms. The number of carbonyl (C=O) groups is 1. The molecule has 2 rings (SSSR count). The minimum Gasteiger partial charge on any atom is -0.493 e. The third-order valence-corrected chi connectivity index (χ3v) is 2.94. The summed E-state index contributed by atoms with van der Waals surface area (Å²) < 4.78 is 18.4. The molecule has 0 unspecified atom stereocenters. The standard InChI is InChI=1S/C15H14ClFN2O2/c16-10-1-4-12(5-2-10)21-8-7-15(20)19-11-3-6-13(17)14(18)9-11/h1-6,9H,7-8,18H2,(H,19,20). The van der Waals surface area contributed by atoms with Gasteiger partial charge in [0.05, 0.1) is 18.7 Å². The molecule has 2 aromatic rings. The van der Waals surface area contributed by atoms with E-state index in [0.717, 1.165) is 0 Å². The van der Waals surface area contributed by atoms with Crippen molar-refractivity contribution in [3.63, 3.8) is 0 Å². The fourth-order valence-corrected chi connectivity index (χ4v) is 1.76. The number of nitrogen functional groups attached to an aromatic ring is 1. The lowest BCUT2D eigenvalue weighted by molar-refractivity contribution is -0.116. The van der Waals surface area contributed by atoms with Gasteiger partial charge in [0.2, 0.25) is 5.91 Å². The predicted octanol–water partition coefficient (Wildman–Crippen LogP) is 3.47. The number of nitrogens with one attached hydrogen (secondary N) is 1. The van der Waals surface area contributed by atoms with Crippen molar-refractivity contribution in [2.75, 3.05) is 17.7 Å². The fourth-order valence-electron chi connectivity index (χ4n) is 1.64. The van der Waals surface area contributed by atoms with Gasteiger partial charge in [-0.1, -0.05) is 11.6 Å². The van der Waals surface area contributed by atoms with Crippen LogP contribution < -0.4 is 15.8 Å². The molecule has 110 valence electrons. The van der Waals surface area contributed by atoms with E-state index in [2.05, 4.69) is 5.32 Å². The van der Waals surface area contributed by atoms with E-state index in [4.69, 9.17) is 22.1 Å². The number of anilines is 2. The zero-order valence-electron chi connectivity index (χ0n) is 11.1. The predicted molar refractivity (Wildman–Crippen MR) is 81.0 cm³/mol. The summed E-state index contributed by atoms with van der Waals surface area (Å²) in [6.45, 7) is 0.226. The molecule has 3 N–H and O–H groups in total. The lowest BCUT2D eigenvalue weighted by atomic mass is 10.2. The van der Waals surface area contributed by atoms with Crippen molar-refractivity contribution in [1.29, 1.82) is 0 Å². The van der Waals surface area contributed by atoms with Crippen LogP contribution in [0.15, 0.2) is 42.5 Å². The highest BCUT2D eigenvalue weighted by molar-refractivity contribution is 6.30. The van der Waals surface area contributed by atoms with Crippen LogP contribution in [-0.4, -0.2) is 12.5 Å². The zero-order valence-corrected chi connectivity index (χ0v) is 11.9. The van der Waals surface area contributed by atoms with Crippen molar-refractivity contribution in [2.45, 2.75) is 6.42 Å². The van der Waals surface area contributed by atoms with Crippen LogP contribution in [0.25, 0.3) is 0 Å². The van der Waals surface area contributed by atoms with Crippen molar-refractivity contribution < 1.29 is 13.9 Å². The molecule has 0 radical (unpaired) electrons. The first-order valence-corrected chi connectivity index (χ1v) is 6.65. The second kappa shape index (κ2) is 6.95. The molecule has 21 heavy (non-hydrogen) atoms. The molecule has 2 aromatic carbocycles. The minimum absolute atomic E-state index is 0.00906. The fraction of sp³-hybridized carbons (Fsp3) is 0.133. The van der Waals surface area contributed by atoms with Gasteiger partial charge >= 0.3 is 0 Å². The third-order valence-electron chi connectivity index (χ3n) is 2.69. The molecule has 0 aliphatic heterocycles. The Morgan fingerprint density at radius 3 is 2.62 bits per heavy atom. The lowest BCUT2D eigenvalue weighted by Gasteiger charge is -2.08. The van der Waals surface area contributed by atoms with Crippen LogP contribution in [0.2, 0.25) is 5.02 Å². The summed E-state index contributed by atoms with van der Waals surface area (Å²) in [4.78, 5) is 11.7. The Bertz CT molecular complexity index is 632. The Labute approximate surface area is 126 Å². The van der Waals surface area contributed by atoms with E-state index in [1.54, 1.807) is 24.3 Å². The van der Waals surface area contributed by atoms with Crippen LogP contribution in [0.1, 0.15) is 6.42 Å². The normalized spacial score (nSPS) is 10.2. The first-order chi connectivity index (χ1) is 10.0. The van der Waals surface area contributed by atoms with Gasteiger partial charge in [-0.05, 0) is 42.5 Å². The molecule has 0 aliphatic rings. The summed E-state index contributed by atoms with van der Waals surface area (Å²) in [6, 6.07) is 10.9. The second-order valence-corrected chi connectivity index (χ2v) is 4.77. The summed E-state index contributed by atoms with van der Waals surface area (Å²) in [5.74, 6) is -0.118. The number of halogens is 2. The van der Waals surface area contributed by atoms with E-state index in [9.17, 15) is 9.18 Å². The summed E-state index contributed by atoms with van der Waals surface area (Å²) in [6.07, 6.45) is 0.167. The summed E-state index contributed by atoms with van der Waals surface area (Å²) in [5, 5.41) is 3.24. The molecule has 0 aromatic heterocycles.